The lowest BCUT2D eigenvalue weighted by Gasteiger charge is -2.20. The van der Waals surface area contributed by atoms with E-state index in [4.69, 9.17) is 26.8 Å². The Hall–Kier alpha value is -2.58. The van der Waals surface area contributed by atoms with Crippen LogP contribution in [0, 0.1) is 0 Å². The molecule has 7 nitrogen and oxygen atoms in total. The Morgan fingerprint density at radius 2 is 1.89 bits per heavy atom. The van der Waals surface area contributed by atoms with Gasteiger partial charge in [-0.3, -0.25) is 9.59 Å². The summed E-state index contributed by atoms with van der Waals surface area (Å²) in [7, 11) is 0. The van der Waals surface area contributed by atoms with E-state index in [1.54, 1.807) is 23.1 Å². The fraction of sp³-hybridized carbons (Fsp3) is 0.278. The van der Waals surface area contributed by atoms with Gasteiger partial charge in [-0.1, -0.05) is 23.7 Å². The molecular formula is C18H19ClN2O5S. The molecule has 27 heavy (non-hydrogen) atoms. The van der Waals surface area contributed by atoms with E-state index in [0.29, 0.717) is 17.4 Å². The van der Waals surface area contributed by atoms with Crippen LogP contribution in [0.5, 0.6) is 5.75 Å². The van der Waals surface area contributed by atoms with Gasteiger partial charge in [0.05, 0.1) is 16.4 Å². The first kappa shape index (κ1) is 20.7. The van der Waals surface area contributed by atoms with Crippen molar-refractivity contribution in [1.82, 2.24) is 4.90 Å². The van der Waals surface area contributed by atoms with Gasteiger partial charge in [-0.25, -0.2) is 4.79 Å². The lowest BCUT2D eigenvalue weighted by atomic mass is 10.2. The SMILES string of the molecule is CCN(Cc1ccc(Cl)s1)C(=O)COC(=O)COc1ccccc1C(N)=O. The molecule has 1 aromatic heterocycles. The summed E-state index contributed by atoms with van der Waals surface area (Å²) in [4.78, 5) is 37.9. The minimum atomic E-state index is -0.724. The third-order valence-electron chi connectivity index (χ3n) is 3.56. The maximum absolute atomic E-state index is 12.2. The number of nitrogens with zero attached hydrogens (tertiary/aromatic N) is 1. The fourth-order valence-electron chi connectivity index (χ4n) is 2.21. The number of para-hydroxylation sites is 1. The number of carbonyl (C=O) groups is 3. The third-order valence-corrected chi connectivity index (χ3v) is 4.78. The van der Waals surface area contributed by atoms with Crippen molar-refractivity contribution in [3.8, 4) is 5.75 Å². The van der Waals surface area contributed by atoms with Crippen molar-refractivity contribution in [3.63, 3.8) is 0 Å². The van der Waals surface area contributed by atoms with Crippen LogP contribution < -0.4 is 10.5 Å². The Morgan fingerprint density at radius 3 is 2.52 bits per heavy atom. The first-order valence-electron chi connectivity index (χ1n) is 8.10. The number of halogens is 1. The van der Waals surface area contributed by atoms with Gasteiger partial charge in [0.25, 0.3) is 11.8 Å². The highest BCUT2D eigenvalue weighted by Gasteiger charge is 2.16. The van der Waals surface area contributed by atoms with Crippen molar-refractivity contribution < 1.29 is 23.9 Å². The number of hydrogen-bond donors (Lipinski definition) is 1. The number of nitrogens with two attached hydrogens (primary N) is 1. The summed E-state index contributed by atoms with van der Waals surface area (Å²) in [5, 5.41) is 0. The monoisotopic (exact) mass is 410 g/mol. The van der Waals surface area contributed by atoms with Crippen molar-refractivity contribution >= 4 is 40.7 Å². The molecule has 0 bridgehead atoms. The highest BCUT2D eigenvalue weighted by molar-refractivity contribution is 7.16. The first-order chi connectivity index (χ1) is 12.9. The highest BCUT2D eigenvalue weighted by Crippen LogP contribution is 2.22. The van der Waals surface area contributed by atoms with Crippen LogP contribution in [0.15, 0.2) is 36.4 Å². The lowest BCUT2D eigenvalue weighted by molar-refractivity contribution is -0.153. The van der Waals surface area contributed by atoms with Crippen LogP contribution in [0.1, 0.15) is 22.2 Å². The molecule has 0 aliphatic carbocycles. The van der Waals surface area contributed by atoms with Gasteiger partial charge in [-0.05, 0) is 31.2 Å². The molecule has 0 saturated carbocycles. The van der Waals surface area contributed by atoms with Crippen molar-refractivity contribution in [3.05, 3.63) is 51.2 Å². The van der Waals surface area contributed by atoms with Crippen LogP contribution >= 0.6 is 22.9 Å². The van der Waals surface area contributed by atoms with E-state index in [-0.39, 0.29) is 17.2 Å². The normalized spacial score (nSPS) is 10.3. The number of hydrogen-bond acceptors (Lipinski definition) is 6. The van der Waals surface area contributed by atoms with Gasteiger partial charge in [0.2, 0.25) is 0 Å². The molecule has 2 N–H and O–H groups in total. The average Bonchev–Trinajstić information content (AvgIpc) is 3.07. The number of esters is 1. The first-order valence-corrected chi connectivity index (χ1v) is 9.29. The van der Waals surface area contributed by atoms with Crippen LogP contribution in [0.4, 0.5) is 0 Å². The van der Waals surface area contributed by atoms with E-state index in [0.717, 1.165) is 4.88 Å². The Morgan fingerprint density at radius 1 is 1.15 bits per heavy atom. The number of primary amides is 1. The molecule has 0 aliphatic rings. The number of likely N-dealkylation sites (N-methyl/N-ethyl adjacent to an activating group) is 1. The van der Waals surface area contributed by atoms with E-state index < -0.39 is 25.1 Å². The number of benzene rings is 1. The average molecular weight is 411 g/mol. The van der Waals surface area contributed by atoms with Gasteiger partial charge in [0.1, 0.15) is 5.75 Å². The molecule has 0 atom stereocenters. The largest absolute Gasteiger partial charge is 0.481 e. The number of ether oxygens (including phenoxy) is 2. The summed E-state index contributed by atoms with van der Waals surface area (Å²) >= 11 is 7.28. The van der Waals surface area contributed by atoms with E-state index in [1.807, 2.05) is 13.0 Å². The van der Waals surface area contributed by atoms with E-state index >= 15 is 0 Å². The topological polar surface area (TPSA) is 98.9 Å². The van der Waals surface area contributed by atoms with Crippen molar-refractivity contribution in [2.45, 2.75) is 13.5 Å². The molecule has 2 rings (SSSR count). The van der Waals surface area contributed by atoms with E-state index in [2.05, 4.69) is 0 Å². The van der Waals surface area contributed by atoms with Crippen molar-refractivity contribution in [2.75, 3.05) is 19.8 Å². The highest BCUT2D eigenvalue weighted by atomic mass is 35.5. The standard InChI is InChI=1S/C18H19ClN2O5S/c1-2-21(9-12-7-8-15(19)27-12)16(22)10-26-17(23)11-25-14-6-4-3-5-13(14)18(20)24/h3-8H,2,9-11H2,1H3,(H2,20,24). The van der Waals surface area contributed by atoms with Crippen molar-refractivity contribution in [2.24, 2.45) is 5.73 Å². The Labute approximate surface area is 165 Å². The van der Waals surface area contributed by atoms with Gasteiger partial charge >= 0.3 is 5.97 Å². The summed E-state index contributed by atoms with van der Waals surface area (Å²) in [6.45, 7) is 1.86. The third kappa shape index (κ3) is 6.26. The van der Waals surface area contributed by atoms with Gasteiger partial charge in [-0.2, -0.15) is 0 Å². The molecule has 144 valence electrons. The molecule has 0 spiro atoms. The zero-order valence-electron chi connectivity index (χ0n) is 14.6. The minimum absolute atomic E-state index is 0.160. The predicted octanol–water partition coefficient (Wildman–Crippen LogP) is 2.47. The Kier molecular flexibility index (Phi) is 7.63. The van der Waals surface area contributed by atoms with E-state index in [9.17, 15) is 14.4 Å². The Balaban J connectivity index is 1.82. The second-order valence-electron chi connectivity index (χ2n) is 5.42. The summed E-state index contributed by atoms with van der Waals surface area (Å²) in [6, 6.07) is 9.89. The van der Waals surface area contributed by atoms with Gasteiger partial charge in [0, 0.05) is 11.4 Å². The predicted molar refractivity (Wildman–Crippen MR) is 102 cm³/mol. The Bertz CT molecular complexity index is 824. The molecule has 9 heteroatoms. The molecule has 0 aliphatic heterocycles. The molecule has 0 radical (unpaired) electrons. The van der Waals surface area contributed by atoms with Gasteiger partial charge in [-0.15, -0.1) is 11.3 Å². The maximum Gasteiger partial charge on any atom is 0.344 e. The van der Waals surface area contributed by atoms with Gasteiger partial charge in [0.15, 0.2) is 13.2 Å². The van der Waals surface area contributed by atoms with Crippen molar-refractivity contribution in [1.29, 1.82) is 0 Å². The maximum atomic E-state index is 12.2. The molecule has 1 heterocycles. The van der Waals surface area contributed by atoms with Crippen LogP contribution in [-0.4, -0.2) is 42.4 Å². The molecular weight excluding hydrogens is 392 g/mol. The molecule has 0 unspecified atom stereocenters. The molecule has 1 aromatic carbocycles. The zero-order chi connectivity index (χ0) is 19.8. The molecule has 2 aromatic rings. The summed E-state index contributed by atoms with van der Waals surface area (Å²) in [6.07, 6.45) is 0. The number of carbonyl (C=O) groups excluding carboxylic acids is 3. The number of rotatable bonds is 9. The smallest absolute Gasteiger partial charge is 0.344 e. The summed E-state index contributed by atoms with van der Waals surface area (Å²) < 4.78 is 10.9. The second-order valence-corrected chi connectivity index (χ2v) is 7.22. The van der Waals surface area contributed by atoms with Crippen LogP contribution in [0.2, 0.25) is 4.34 Å². The lowest BCUT2D eigenvalue weighted by Crippen LogP contribution is -2.34. The minimum Gasteiger partial charge on any atom is -0.481 e. The molecule has 0 fully saturated rings. The van der Waals surface area contributed by atoms with Crippen LogP contribution in [0.3, 0.4) is 0 Å². The van der Waals surface area contributed by atoms with Crippen LogP contribution in [0.25, 0.3) is 0 Å². The van der Waals surface area contributed by atoms with Gasteiger partial charge < -0.3 is 20.1 Å². The fourth-order valence-corrected chi connectivity index (χ4v) is 3.31. The molecule has 0 saturated heterocycles. The second kappa shape index (κ2) is 9.94. The summed E-state index contributed by atoms with van der Waals surface area (Å²) in [5.74, 6) is -1.54. The number of amides is 2. The quantitative estimate of drug-likeness (QED) is 0.640. The zero-order valence-corrected chi connectivity index (χ0v) is 16.2. The number of thiophene rings is 1. The molecule has 2 amide bonds. The van der Waals surface area contributed by atoms with E-state index in [1.165, 1.54) is 23.5 Å². The van der Waals surface area contributed by atoms with Crippen LogP contribution in [-0.2, 0) is 20.9 Å². The summed E-state index contributed by atoms with van der Waals surface area (Å²) in [5.41, 5.74) is 5.40.